The first-order valence-electron chi connectivity index (χ1n) is 7.24. The van der Waals surface area contributed by atoms with E-state index < -0.39 is 0 Å². The van der Waals surface area contributed by atoms with Gasteiger partial charge in [-0.25, -0.2) is 0 Å². The molecule has 0 fully saturated rings. The van der Waals surface area contributed by atoms with Crippen LogP contribution in [0.15, 0.2) is 17.0 Å². The van der Waals surface area contributed by atoms with E-state index in [9.17, 15) is 5.11 Å². The number of nitrogens with one attached hydrogen (secondary N) is 1. The van der Waals surface area contributed by atoms with Crippen LogP contribution in [0.5, 0.6) is 11.5 Å². The molecular weight excluding hydrogens is 286 g/mol. The average Bonchev–Trinajstić information content (AvgIpc) is 2.55. The summed E-state index contributed by atoms with van der Waals surface area (Å²) >= 11 is 1.68. The fourth-order valence-corrected chi connectivity index (χ4v) is 2.91. The van der Waals surface area contributed by atoms with E-state index in [1.807, 2.05) is 18.4 Å². The second-order valence-electron chi connectivity index (χ2n) is 5.02. The molecule has 0 atom stereocenters. The van der Waals surface area contributed by atoms with Crippen molar-refractivity contribution in [3.63, 3.8) is 0 Å². The molecule has 0 radical (unpaired) electrons. The molecule has 0 unspecified atom stereocenters. The largest absolute Gasteiger partial charge is 0.493 e. The Balaban J connectivity index is 3.01. The highest BCUT2D eigenvalue weighted by atomic mass is 32.2. The number of methoxy groups -OCH3 is 2. The van der Waals surface area contributed by atoms with E-state index in [2.05, 4.69) is 19.2 Å². The lowest BCUT2D eigenvalue weighted by Crippen LogP contribution is -2.47. The zero-order valence-electron chi connectivity index (χ0n) is 13.7. The predicted octanol–water partition coefficient (Wildman–Crippen LogP) is 3.07. The zero-order chi connectivity index (χ0) is 15.9. The van der Waals surface area contributed by atoms with Crippen molar-refractivity contribution in [2.45, 2.75) is 43.7 Å². The molecule has 5 heteroatoms. The summed E-state index contributed by atoms with van der Waals surface area (Å²) in [7, 11) is 3.29. The van der Waals surface area contributed by atoms with Crippen LogP contribution >= 0.6 is 11.8 Å². The Hall–Kier alpha value is -0.910. The Morgan fingerprint density at radius 3 is 2.14 bits per heavy atom. The van der Waals surface area contributed by atoms with Gasteiger partial charge in [-0.2, -0.15) is 0 Å². The lowest BCUT2D eigenvalue weighted by molar-refractivity contribution is 0.149. The first-order chi connectivity index (χ1) is 10.1. The van der Waals surface area contributed by atoms with Crippen LogP contribution in [0.4, 0.5) is 0 Å². The van der Waals surface area contributed by atoms with Gasteiger partial charge in [0.15, 0.2) is 11.5 Å². The Labute approximate surface area is 132 Å². The third-order valence-electron chi connectivity index (χ3n) is 4.10. The molecule has 2 N–H and O–H groups in total. The Morgan fingerprint density at radius 1 is 1.14 bits per heavy atom. The van der Waals surface area contributed by atoms with Crippen LogP contribution in [0.1, 0.15) is 32.3 Å². The van der Waals surface area contributed by atoms with Crippen molar-refractivity contribution in [3.8, 4) is 11.5 Å². The molecule has 0 amide bonds. The third-order valence-corrected chi connectivity index (χ3v) is 4.92. The van der Waals surface area contributed by atoms with Gasteiger partial charge in [-0.3, -0.25) is 0 Å². The summed E-state index contributed by atoms with van der Waals surface area (Å²) in [5.41, 5.74) is 0.933. The van der Waals surface area contributed by atoms with Gasteiger partial charge in [0.1, 0.15) is 0 Å². The lowest BCUT2D eigenvalue weighted by atomic mass is 9.93. The van der Waals surface area contributed by atoms with E-state index in [1.165, 1.54) is 0 Å². The molecule has 0 aliphatic heterocycles. The summed E-state index contributed by atoms with van der Waals surface area (Å²) in [6.07, 6.45) is 3.83. The molecule has 21 heavy (non-hydrogen) atoms. The normalized spacial score (nSPS) is 11.5. The highest BCUT2D eigenvalue weighted by Crippen LogP contribution is 2.34. The highest BCUT2D eigenvalue weighted by Gasteiger charge is 2.24. The average molecular weight is 313 g/mol. The van der Waals surface area contributed by atoms with Crippen LogP contribution in [0.3, 0.4) is 0 Å². The molecule has 0 aromatic heterocycles. The van der Waals surface area contributed by atoms with Gasteiger partial charge >= 0.3 is 0 Å². The summed E-state index contributed by atoms with van der Waals surface area (Å²) in [6.45, 7) is 5.02. The van der Waals surface area contributed by atoms with Gasteiger partial charge in [-0.1, -0.05) is 13.8 Å². The van der Waals surface area contributed by atoms with Crippen LogP contribution in [0, 0.1) is 0 Å². The second kappa shape index (κ2) is 8.51. The van der Waals surface area contributed by atoms with Crippen molar-refractivity contribution in [3.05, 3.63) is 17.7 Å². The summed E-state index contributed by atoms with van der Waals surface area (Å²) < 4.78 is 10.7. The molecule has 0 bridgehead atoms. The summed E-state index contributed by atoms with van der Waals surface area (Å²) in [6, 6.07) is 4.00. The van der Waals surface area contributed by atoms with Crippen LogP contribution in [0.2, 0.25) is 0 Å². The van der Waals surface area contributed by atoms with Gasteiger partial charge in [0.05, 0.1) is 20.8 Å². The van der Waals surface area contributed by atoms with Crippen molar-refractivity contribution < 1.29 is 14.6 Å². The number of thioether (sulfide) groups is 1. The number of aliphatic hydroxyl groups is 1. The van der Waals surface area contributed by atoms with Crippen LogP contribution in [-0.4, -0.2) is 37.7 Å². The van der Waals surface area contributed by atoms with E-state index in [0.717, 1.165) is 34.8 Å². The number of benzene rings is 1. The van der Waals surface area contributed by atoms with Gasteiger partial charge in [-0.05, 0) is 36.8 Å². The molecular formula is C16H27NO3S. The molecule has 4 nitrogen and oxygen atoms in total. The Bertz CT molecular complexity index is 439. The van der Waals surface area contributed by atoms with E-state index in [-0.39, 0.29) is 12.1 Å². The number of ether oxygens (including phenoxy) is 2. The van der Waals surface area contributed by atoms with E-state index >= 15 is 0 Å². The molecule has 0 saturated carbocycles. The minimum atomic E-state index is -0.219. The van der Waals surface area contributed by atoms with Gasteiger partial charge in [-0.15, -0.1) is 11.8 Å². The summed E-state index contributed by atoms with van der Waals surface area (Å²) in [5.74, 6) is 1.47. The van der Waals surface area contributed by atoms with Crippen molar-refractivity contribution in [1.82, 2.24) is 5.32 Å². The lowest BCUT2D eigenvalue weighted by Gasteiger charge is -2.31. The third kappa shape index (κ3) is 4.28. The SMILES string of the molecule is CCC(CC)(CO)NCc1cc(OC)c(OC)cc1SC. The molecule has 120 valence electrons. The maximum absolute atomic E-state index is 9.65. The van der Waals surface area contributed by atoms with Gasteiger partial charge < -0.3 is 19.9 Å². The monoisotopic (exact) mass is 313 g/mol. The minimum absolute atomic E-state index is 0.141. The number of hydrogen-bond donors (Lipinski definition) is 2. The van der Waals surface area contributed by atoms with E-state index in [0.29, 0.717) is 6.54 Å². The van der Waals surface area contributed by atoms with E-state index in [1.54, 1.807) is 26.0 Å². The molecule has 0 spiro atoms. The quantitative estimate of drug-likeness (QED) is 0.686. The molecule has 1 aromatic carbocycles. The Kier molecular flexibility index (Phi) is 7.35. The number of rotatable bonds is 9. The second-order valence-corrected chi connectivity index (χ2v) is 5.87. The summed E-state index contributed by atoms with van der Waals surface area (Å²) in [4.78, 5) is 1.15. The topological polar surface area (TPSA) is 50.7 Å². The first-order valence-corrected chi connectivity index (χ1v) is 8.46. The predicted molar refractivity (Wildman–Crippen MR) is 88.6 cm³/mol. The van der Waals surface area contributed by atoms with Crippen molar-refractivity contribution >= 4 is 11.8 Å². The van der Waals surface area contributed by atoms with E-state index in [4.69, 9.17) is 9.47 Å². The fourth-order valence-electron chi connectivity index (χ4n) is 2.29. The highest BCUT2D eigenvalue weighted by molar-refractivity contribution is 7.98. The van der Waals surface area contributed by atoms with Crippen LogP contribution < -0.4 is 14.8 Å². The molecule has 1 aromatic rings. The molecule has 1 rings (SSSR count). The maximum atomic E-state index is 9.65. The summed E-state index contributed by atoms with van der Waals surface area (Å²) in [5, 5.41) is 13.2. The van der Waals surface area contributed by atoms with Crippen molar-refractivity contribution in [2.75, 3.05) is 27.1 Å². The molecule has 0 saturated heterocycles. The molecule has 0 heterocycles. The zero-order valence-corrected chi connectivity index (χ0v) is 14.5. The standard InChI is InChI=1S/C16H27NO3S/c1-6-16(7-2,11-18)17-10-12-8-13(19-3)14(20-4)9-15(12)21-5/h8-9,17-18H,6-7,10-11H2,1-5H3. The molecule has 0 aliphatic carbocycles. The van der Waals surface area contributed by atoms with Gasteiger partial charge in [0.2, 0.25) is 0 Å². The van der Waals surface area contributed by atoms with Crippen LogP contribution in [-0.2, 0) is 6.54 Å². The number of aliphatic hydroxyl groups excluding tert-OH is 1. The minimum Gasteiger partial charge on any atom is -0.493 e. The smallest absolute Gasteiger partial charge is 0.161 e. The Morgan fingerprint density at radius 2 is 1.71 bits per heavy atom. The van der Waals surface area contributed by atoms with Gasteiger partial charge in [0.25, 0.3) is 0 Å². The number of hydrogen-bond acceptors (Lipinski definition) is 5. The molecule has 0 aliphatic rings. The first kappa shape index (κ1) is 18.1. The van der Waals surface area contributed by atoms with Crippen molar-refractivity contribution in [2.24, 2.45) is 0 Å². The van der Waals surface area contributed by atoms with Crippen LogP contribution in [0.25, 0.3) is 0 Å². The fraction of sp³-hybridized carbons (Fsp3) is 0.625. The maximum Gasteiger partial charge on any atom is 0.161 e. The van der Waals surface area contributed by atoms with Crippen molar-refractivity contribution in [1.29, 1.82) is 0 Å². The van der Waals surface area contributed by atoms with Gasteiger partial charge in [0, 0.05) is 17.0 Å².